The molecule has 3 atom stereocenters. The molecule has 1 aromatic heterocycles. The smallest absolute Gasteiger partial charge is 0.228 e. The fourth-order valence-corrected chi connectivity index (χ4v) is 5.02. The van der Waals surface area contributed by atoms with Crippen LogP contribution in [0.5, 0.6) is 0 Å². The molecule has 0 spiro atoms. The van der Waals surface area contributed by atoms with Gasteiger partial charge in [-0.25, -0.2) is 4.98 Å². The van der Waals surface area contributed by atoms with E-state index in [1.807, 2.05) is 47.4 Å². The molecule has 5 rings (SSSR count). The summed E-state index contributed by atoms with van der Waals surface area (Å²) >= 11 is 5.94. The summed E-state index contributed by atoms with van der Waals surface area (Å²) in [6, 6.07) is 13.4. The third-order valence-corrected chi connectivity index (χ3v) is 6.60. The molecule has 7 heteroatoms. The van der Waals surface area contributed by atoms with Gasteiger partial charge in [0.2, 0.25) is 11.8 Å². The van der Waals surface area contributed by atoms with Crippen LogP contribution < -0.4 is 9.80 Å². The number of amides is 2. The summed E-state index contributed by atoms with van der Waals surface area (Å²) in [7, 11) is 0. The average molecular weight is 411 g/mol. The van der Waals surface area contributed by atoms with Crippen LogP contribution >= 0.6 is 11.6 Å². The van der Waals surface area contributed by atoms with Crippen LogP contribution in [0.25, 0.3) is 0 Å². The fraction of sp³-hybridized carbons (Fsp3) is 0.409. The average Bonchev–Trinajstić information content (AvgIpc) is 3.41. The Labute approximate surface area is 175 Å². The van der Waals surface area contributed by atoms with Gasteiger partial charge in [-0.3, -0.25) is 9.59 Å². The lowest BCUT2D eigenvalue weighted by Crippen LogP contribution is -2.38. The van der Waals surface area contributed by atoms with Gasteiger partial charge in [-0.05, 0) is 24.3 Å². The first-order valence-electron chi connectivity index (χ1n) is 10.1. The molecule has 3 saturated heterocycles. The lowest BCUT2D eigenvalue weighted by atomic mass is 10.0. The van der Waals surface area contributed by atoms with Crippen LogP contribution in [-0.2, 0) is 9.59 Å². The number of carbonyl (C=O) groups is 2. The number of para-hydroxylation sites is 1. The van der Waals surface area contributed by atoms with E-state index < -0.39 is 0 Å². The van der Waals surface area contributed by atoms with Gasteiger partial charge < -0.3 is 14.7 Å². The second kappa shape index (κ2) is 7.34. The second-order valence-corrected chi connectivity index (χ2v) is 8.68. The van der Waals surface area contributed by atoms with Gasteiger partial charge in [0, 0.05) is 62.9 Å². The number of carbonyl (C=O) groups excluding carboxylic acids is 2. The van der Waals surface area contributed by atoms with Crippen molar-refractivity contribution < 1.29 is 9.59 Å². The molecule has 29 heavy (non-hydrogen) atoms. The van der Waals surface area contributed by atoms with Crippen LogP contribution in [0.1, 0.15) is 6.42 Å². The van der Waals surface area contributed by atoms with Crippen molar-refractivity contribution >= 4 is 34.9 Å². The lowest BCUT2D eigenvalue weighted by Gasteiger charge is -2.24. The number of hydrogen-bond acceptors (Lipinski definition) is 4. The Bertz CT molecular complexity index is 906. The third kappa shape index (κ3) is 3.46. The van der Waals surface area contributed by atoms with E-state index in [1.165, 1.54) is 0 Å². The van der Waals surface area contributed by atoms with E-state index in [9.17, 15) is 9.59 Å². The van der Waals surface area contributed by atoms with Crippen LogP contribution in [0.3, 0.4) is 0 Å². The molecule has 0 aliphatic carbocycles. The number of aromatic nitrogens is 1. The van der Waals surface area contributed by atoms with Crippen molar-refractivity contribution in [3.63, 3.8) is 0 Å². The molecule has 3 aliphatic heterocycles. The molecule has 0 saturated carbocycles. The standard InChI is InChI=1S/C22H23ClN4O2/c23-18-6-7-20(24-9-18)25-10-16-12-26(13-17(16)11-25)22(29)15-8-21(28)27(14-15)19-4-2-1-3-5-19/h1-7,9,15-17H,8,10-14H2. The van der Waals surface area contributed by atoms with Crippen molar-refractivity contribution in [1.29, 1.82) is 0 Å². The van der Waals surface area contributed by atoms with E-state index in [2.05, 4.69) is 9.88 Å². The number of benzene rings is 1. The maximum atomic E-state index is 13.1. The Balaban J connectivity index is 1.20. The van der Waals surface area contributed by atoms with E-state index in [0.717, 1.165) is 37.7 Å². The van der Waals surface area contributed by atoms with Gasteiger partial charge in [-0.15, -0.1) is 0 Å². The van der Waals surface area contributed by atoms with E-state index in [-0.39, 0.29) is 17.7 Å². The summed E-state index contributed by atoms with van der Waals surface area (Å²) in [5.41, 5.74) is 0.872. The maximum Gasteiger partial charge on any atom is 0.228 e. The quantitative estimate of drug-likeness (QED) is 0.780. The minimum Gasteiger partial charge on any atom is -0.356 e. The zero-order chi connectivity index (χ0) is 20.0. The van der Waals surface area contributed by atoms with Crippen molar-refractivity contribution in [2.45, 2.75) is 6.42 Å². The van der Waals surface area contributed by atoms with Gasteiger partial charge >= 0.3 is 0 Å². The minimum absolute atomic E-state index is 0.0360. The highest BCUT2D eigenvalue weighted by Crippen LogP contribution is 2.35. The molecule has 1 aromatic carbocycles. The molecule has 3 aliphatic rings. The molecule has 0 N–H and O–H groups in total. The molecule has 2 amide bonds. The highest BCUT2D eigenvalue weighted by molar-refractivity contribution is 6.30. The third-order valence-electron chi connectivity index (χ3n) is 6.38. The van der Waals surface area contributed by atoms with Gasteiger partial charge in [0.15, 0.2) is 0 Å². The van der Waals surface area contributed by atoms with Crippen molar-refractivity contribution in [1.82, 2.24) is 9.88 Å². The number of likely N-dealkylation sites (tertiary alicyclic amines) is 1. The van der Waals surface area contributed by atoms with E-state index in [1.54, 1.807) is 11.1 Å². The summed E-state index contributed by atoms with van der Waals surface area (Å²) in [6.45, 7) is 3.83. The molecule has 150 valence electrons. The van der Waals surface area contributed by atoms with Crippen molar-refractivity contribution in [2.75, 3.05) is 42.5 Å². The van der Waals surface area contributed by atoms with Crippen LogP contribution in [0.15, 0.2) is 48.7 Å². The Hall–Kier alpha value is -2.60. The number of halogens is 1. The molecule has 0 bridgehead atoms. The van der Waals surface area contributed by atoms with Gasteiger partial charge in [-0.2, -0.15) is 0 Å². The number of fused-ring (bicyclic) bond motifs is 1. The highest BCUT2D eigenvalue weighted by Gasteiger charge is 2.45. The molecule has 6 nitrogen and oxygen atoms in total. The monoisotopic (exact) mass is 410 g/mol. The first kappa shape index (κ1) is 18.4. The van der Waals surface area contributed by atoms with Crippen molar-refractivity contribution in [3.05, 3.63) is 53.7 Å². The number of pyridine rings is 1. The zero-order valence-electron chi connectivity index (χ0n) is 16.1. The van der Waals surface area contributed by atoms with Gasteiger partial charge in [0.1, 0.15) is 5.82 Å². The first-order chi connectivity index (χ1) is 14.1. The number of nitrogens with zero attached hydrogens (tertiary/aromatic N) is 4. The Morgan fingerprint density at radius 3 is 2.34 bits per heavy atom. The van der Waals surface area contributed by atoms with Gasteiger partial charge in [-0.1, -0.05) is 29.8 Å². The van der Waals surface area contributed by atoms with Crippen LogP contribution in [0.2, 0.25) is 5.02 Å². The Kier molecular flexibility index (Phi) is 4.66. The maximum absolute atomic E-state index is 13.1. The molecule has 2 aromatic rings. The number of anilines is 2. The predicted octanol–water partition coefficient (Wildman–Crippen LogP) is 2.68. The summed E-state index contributed by atoms with van der Waals surface area (Å²) in [5.74, 6) is 1.78. The fourth-order valence-electron chi connectivity index (χ4n) is 4.90. The first-order valence-corrected chi connectivity index (χ1v) is 10.5. The van der Waals surface area contributed by atoms with E-state index >= 15 is 0 Å². The summed E-state index contributed by atoms with van der Waals surface area (Å²) in [4.78, 5) is 36.0. The zero-order valence-corrected chi connectivity index (χ0v) is 16.8. The largest absolute Gasteiger partial charge is 0.356 e. The van der Waals surface area contributed by atoms with Crippen molar-refractivity contribution in [2.24, 2.45) is 17.8 Å². The van der Waals surface area contributed by atoms with E-state index in [4.69, 9.17) is 11.6 Å². The molecule has 0 radical (unpaired) electrons. The molecule has 3 unspecified atom stereocenters. The summed E-state index contributed by atoms with van der Waals surface area (Å²) in [5, 5.41) is 0.639. The van der Waals surface area contributed by atoms with Gasteiger partial charge in [0.25, 0.3) is 0 Å². The minimum atomic E-state index is -0.240. The van der Waals surface area contributed by atoms with Crippen LogP contribution in [-0.4, -0.2) is 54.4 Å². The SMILES string of the molecule is O=C(C1CC(=O)N(c2ccccc2)C1)N1CC2CN(c3ccc(Cl)cn3)CC2C1. The Morgan fingerprint density at radius 2 is 1.69 bits per heavy atom. The summed E-state index contributed by atoms with van der Waals surface area (Å²) < 4.78 is 0. The molecular weight excluding hydrogens is 388 g/mol. The topological polar surface area (TPSA) is 56.8 Å². The van der Waals surface area contributed by atoms with Crippen molar-refractivity contribution in [3.8, 4) is 0 Å². The normalized spacial score (nSPS) is 26.3. The summed E-state index contributed by atoms with van der Waals surface area (Å²) in [6.07, 6.45) is 1.98. The Morgan fingerprint density at radius 1 is 0.966 bits per heavy atom. The molecular formula is C22H23ClN4O2. The van der Waals surface area contributed by atoms with E-state index in [0.29, 0.717) is 29.8 Å². The number of rotatable bonds is 3. The van der Waals surface area contributed by atoms with Crippen LogP contribution in [0.4, 0.5) is 11.5 Å². The highest BCUT2D eigenvalue weighted by atomic mass is 35.5. The number of hydrogen-bond donors (Lipinski definition) is 0. The molecule has 3 fully saturated rings. The van der Waals surface area contributed by atoms with Gasteiger partial charge in [0.05, 0.1) is 10.9 Å². The molecule has 4 heterocycles. The van der Waals surface area contributed by atoms with Crippen LogP contribution in [0, 0.1) is 17.8 Å². The lowest BCUT2D eigenvalue weighted by molar-refractivity contribution is -0.135. The predicted molar refractivity (Wildman–Crippen MR) is 112 cm³/mol. The second-order valence-electron chi connectivity index (χ2n) is 8.24.